The summed E-state index contributed by atoms with van der Waals surface area (Å²) in [5, 5.41) is 3.44. The number of nitrogens with zero attached hydrogens (tertiary/aromatic N) is 2. The summed E-state index contributed by atoms with van der Waals surface area (Å²) in [6, 6.07) is 3.64. The summed E-state index contributed by atoms with van der Waals surface area (Å²) >= 11 is 0. The van der Waals surface area contributed by atoms with E-state index in [4.69, 9.17) is 4.98 Å². The van der Waals surface area contributed by atoms with Gasteiger partial charge in [-0.1, -0.05) is 0 Å². The van der Waals surface area contributed by atoms with Crippen LogP contribution < -0.4 is 10.9 Å². The van der Waals surface area contributed by atoms with Crippen LogP contribution in [0.25, 0.3) is 0 Å². The number of rotatable bonds is 4. The highest BCUT2D eigenvalue weighted by Crippen LogP contribution is 2.40. The molecular weight excluding hydrogens is 264 g/mol. The monoisotopic (exact) mass is 288 g/mol. The molecule has 3 aliphatic rings. The van der Waals surface area contributed by atoms with E-state index < -0.39 is 0 Å². The third-order valence-corrected chi connectivity index (χ3v) is 5.45. The number of hydrogen-bond donors (Lipinski definition) is 2. The quantitative estimate of drug-likeness (QED) is 0.878. The fourth-order valence-corrected chi connectivity index (χ4v) is 3.98. The number of H-pyrrole nitrogens is 1. The van der Waals surface area contributed by atoms with Crippen LogP contribution in [0.3, 0.4) is 0 Å². The Bertz CT molecular complexity index is 566. The summed E-state index contributed by atoms with van der Waals surface area (Å²) in [6.45, 7) is 0.723. The highest BCUT2D eigenvalue weighted by molar-refractivity contribution is 5.10. The summed E-state index contributed by atoms with van der Waals surface area (Å²) in [5.41, 5.74) is 0.894. The van der Waals surface area contributed by atoms with Crippen molar-refractivity contribution in [2.45, 2.75) is 69.1 Å². The SMILES string of the molecule is CN1C2CCC1CC(c1nc(CNC3CC3)cc(=O)[nH]1)C2. The van der Waals surface area contributed by atoms with E-state index in [2.05, 4.69) is 22.2 Å². The van der Waals surface area contributed by atoms with E-state index in [9.17, 15) is 4.79 Å². The standard InChI is InChI=1S/C16H24N4O/c1-20-13-4-5-14(20)7-10(6-13)16-18-12(8-15(21)19-16)9-17-11-2-3-11/h8,10-11,13-14,17H,2-7,9H2,1H3,(H,18,19,21). The van der Waals surface area contributed by atoms with Crippen LogP contribution in [0.15, 0.2) is 10.9 Å². The minimum absolute atomic E-state index is 0.00104. The number of aromatic nitrogens is 2. The molecule has 2 atom stereocenters. The number of fused-ring (bicyclic) bond motifs is 2. The number of hydrogen-bond acceptors (Lipinski definition) is 4. The summed E-state index contributed by atoms with van der Waals surface area (Å²) in [4.78, 5) is 22.2. The molecule has 1 aromatic heterocycles. The van der Waals surface area contributed by atoms with Crippen molar-refractivity contribution < 1.29 is 0 Å². The second-order valence-electron chi connectivity index (χ2n) is 7.00. The van der Waals surface area contributed by atoms with Gasteiger partial charge in [-0.15, -0.1) is 0 Å². The Kier molecular flexibility index (Phi) is 3.34. The predicted octanol–water partition coefficient (Wildman–Crippen LogP) is 1.36. The zero-order valence-corrected chi connectivity index (χ0v) is 12.6. The average molecular weight is 288 g/mol. The first-order valence-electron chi connectivity index (χ1n) is 8.24. The van der Waals surface area contributed by atoms with Crippen molar-refractivity contribution in [2.24, 2.45) is 0 Å². The molecule has 0 radical (unpaired) electrons. The molecule has 21 heavy (non-hydrogen) atoms. The van der Waals surface area contributed by atoms with E-state index in [-0.39, 0.29) is 5.56 Å². The lowest BCUT2D eigenvalue weighted by atomic mass is 9.90. The van der Waals surface area contributed by atoms with Crippen LogP contribution in [0.5, 0.6) is 0 Å². The maximum Gasteiger partial charge on any atom is 0.251 e. The van der Waals surface area contributed by atoms with Gasteiger partial charge in [0.25, 0.3) is 5.56 Å². The van der Waals surface area contributed by atoms with Gasteiger partial charge < -0.3 is 15.2 Å². The van der Waals surface area contributed by atoms with Crippen LogP contribution in [0.4, 0.5) is 0 Å². The molecule has 1 aliphatic carbocycles. The first-order chi connectivity index (χ1) is 10.2. The summed E-state index contributed by atoms with van der Waals surface area (Å²) < 4.78 is 0. The Balaban J connectivity index is 1.52. The van der Waals surface area contributed by atoms with Crippen molar-refractivity contribution in [3.8, 4) is 0 Å². The van der Waals surface area contributed by atoms with Crippen molar-refractivity contribution in [1.82, 2.24) is 20.2 Å². The zero-order chi connectivity index (χ0) is 14.4. The fraction of sp³-hybridized carbons (Fsp3) is 0.750. The highest BCUT2D eigenvalue weighted by atomic mass is 16.1. The first kappa shape index (κ1) is 13.5. The maximum absolute atomic E-state index is 11.9. The minimum Gasteiger partial charge on any atom is -0.310 e. The molecule has 2 N–H and O–H groups in total. The second-order valence-corrected chi connectivity index (χ2v) is 7.00. The van der Waals surface area contributed by atoms with Crippen molar-refractivity contribution in [1.29, 1.82) is 0 Å². The van der Waals surface area contributed by atoms with Gasteiger partial charge in [-0.05, 0) is 45.6 Å². The van der Waals surface area contributed by atoms with Gasteiger partial charge in [-0.25, -0.2) is 4.98 Å². The van der Waals surface area contributed by atoms with Crippen molar-refractivity contribution in [3.63, 3.8) is 0 Å². The lowest BCUT2D eigenvalue weighted by molar-refractivity contribution is 0.158. The van der Waals surface area contributed by atoms with Crippen molar-refractivity contribution >= 4 is 0 Å². The molecule has 4 rings (SSSR count). The Morgan fingerprint density at radius 3 is 2.67 bits per heavy atom. The van der Waals surface area contributed by atoms with Gasteiger partial charge in [0.2, 0.25) is 0 Å². The zero-order valence-electron chi connectivity index (χ0n) is 12.6. The summed E-state index contributed by atoms with van der Waals surface area (Å²) in [7, 11) is 2.24. The Morgan fingerprint density at radius 2 is 2.00 bits per heavy atom. The van der Waals surface area contributed by atoms with E-state index in [1.165, 1.54) is 25.7 Å². The average Bonchev–Trinajstić information content (AvgIpc) is 3.26. The topological polar surface area (TPSA) is 61.0 Å². The Morgan fingerprint density at radius 1 is 1.29 bits per heavy atom. The number of aromatic amines is 1. The number of nitrogens with one attached hydrogen (secondary N) is 2. The fourth-order valence-electron chi connectivity index (χ4n) is 3.98. The van der Waals surface area contributed by atoms with E-state index >= 15 is 0 Å². The molecule has 1 saturated carbocycles. The van der Waals surface area contributed by atoms with Gasteiger partial charge in [0.15, 0.2) is 0 Å². The van der Waals surface area contributed by atoms with Crippen LogP contribution >= 0.6 is 0 Å². The van der Waals surface area contributed by atoms with E-state index in [0.717, 1.165) is 30.9 Å². The van der Waals surface area contributed by atoms with Crippen LogP contribution in [-0.4, -0.2) is 40.0 Å². The first-order valence-corrected chi connectivity index (χ1v) is 8.24. The van der Waals surface area contributed by atoms with E-state index in [1.807, 2.05) is 0 Å². The maximum atomic E-state index is 11.9. The molecule has 0 spiro atoms. The Hall–Kier alpha value is -1.20. The summed E-state index contributed by atoms with van der Waals surface area (Å²) in [6.07, 6.45) is 7.38. The van der Waals surface area contributed by atoms with Gasteiger partial charge in [-0.2, -0.15) is 0 Å². The smallest absolute Gasteiger partial charge is 0.251 e. The molecule has 2 unspecified atom stereocenters. The molecule has 0 aromatic carbocycles. The molecule has 1 aromatic rings. The highest BCUT2D eigenvalue weighted by Gasteiger charge is 2.39. The molecule has 2 saturated heterocycles. The van der Waals surface area contributed by atoms with Gasteiger partial charge in [0.05, 0.1) is 5.69 Å². The molecule has 5 heteroatoms. The molecule has 2 aliphatic heterocycles. The lowest BCUT2D eigenvalue weighted by Gasteiger charge is -2.35. The molecular formula is C16H24N4O. The second kappa shape index (κ2) is 5.21. The third kappa shape index (κ3) is 2.77. The lowest BCUT2D eigenvalue weighted by Crippen LogP contribution is -2.39. The molecule has 2 bridgehead atoms. The molecule has 0 amide bonds. The van der Waals surface area contributed by atoms with Gasteiger partial charge in [0, 0.05) is 36.7 Å². The van der Waals surface area contributed by atoms with Gasteiger partial charge in [0.1, 0.15) is 5.82 Å². The predicted molar refractivity (Wildman–Crippen MR) is 81.3 cm³/mol. The van der Waals surface area contributed by atoms with Gasteiger partial charge >= 0.3 is 0 Å². The van der Waals surface area contributed by atoms with Crippen LogP contribution in [0, 0.1) is 0 Å². The van der Waals surface area contributed by atoms with Crippen LogP contribution in [0.1, 0.15) is 56.0 Å². The van der Waals surface area contributed by atoms with Crippen LogP contribution in [0.2, 0.25) is 0 Å². The van der Waals surface area contributed by atoms with Crippen molar-refractivity contribution in [3.05, 3.63) is 27.9 Å². The molecule has 3 heterocycles. The van der Waals surface area contributed by atoms with Gasteiger partial charge in [-0.3, -0.25) is 4.79 Å². The molecule has 5 nitrogen and oxygen atoms in total. The number of piperidine rings is 1. The van der Waals surface area contributed by atoms with E-state index in [1.54, 1.807) is 6.07 Å². The van der Waals surface area contributed by atoms with Crippen molar-refractivity contribution in [2.75, 3.05) is 7.05 Å². The van der Waals surface area contributed by atoms with Crippen LogP contribution in [-0.2, 0) is 6.54 Å². The molecule has 114 valence electrons. The minimum atomic E-state index is -0.00104. The normalized spacial score (nSPS) is 32.5. The third-order valence-electron chi connectivity index (χ3n) is 5.45. The summed E-state index contributed by atoms with van der Waals surface area (Å²) in [5.74, 6) is 1.34. The molecule has 3 fully saturated rings. The Labute approximate surface area is 125 Å². The van der Waals surface area contributed by atoms with E-state index in [0.29, 0.717) is 24.0 Å². The largest absolute Gasteiger partial charge is 0.310 e.